The molecule has 2 aromatic rings. The predicted molar refractivity (Wildman–Crippen MR) is 58.7 cm³/mol. The zero-order chi connectivity index (χ0) is 10.7. The second-order valence-electron chi connectivity index (χ2n) is 3.32. The van der Waals surface area contributed by atoms with E-state index < -0.39 is 0 Å². The number of rotatable bonds is 3. The van der Waals surface area contributed by atoms with Gasteiger partial charge in [-0.2, -0.15) is 5.10 Å². The Morgan fingerprint density at radius 1 is 1.47 bits per heavy atom. The van der Waals surface area contributed by atoms with Crippen LogP contribution in [0, 0.1) is 0 Å². The van der Waals surface area contributed by atoms with Crippen LogP contribution in [0.5, 0.6) is 5.75 Å². The van der Waals surface area contributed by atoms with Crippen molar-refractivity contribution in [3.8, 4) is 5.75 Å². The average Bonchev–Trinajstić information content (AvgIpc) is 2.65. The van der Waals surface area contributed by atoms with Gasteiger partial charge in [0, 0.05) is 5.69 Å². The van der Waals surface area contributed by atoms with Crippen LogP contribution in [0.1, 0.15) is 5.56 Å². The van der Waals surface area contributed by atoms with Gasteiger partial charge in [-0.25, -0.2) is 0 Å². The summed E-state index contributed by atoms with van der Waals surface area (Å²) in [6.45, 7) is 0.703. The Morgan fingerprint density at radius 2 is 2.33 bits per heavy atom. The van der Waals surface area contributed by atoms with E-state index in [9.17, 15) is 0 Å². The van der Waals surface area contributed by atoms with Crippen molar-refractivity contribution in [2.75, 3.05) is 12.8 Å². The van der Waals surface area contributed by atoms with Crippen molar-refractivity contribution in [2.45, 2.75) is 6.54 Å². The lowest BCUT2D eigenvalue weighted by Gasteiger charge is -2.02. The fourth-order valence-corrected chi connectivity index (χ4v) is 1.42. The third kappa shape index (κ3) is 2.28. The minimum absolute atomic E-state index is 0.703. The summed E-state index contributed by atoms with van der Waals surface area (Å²) in [5.41, 5.74) is 7.58. The quantitative estimate of drug-likeness (QED) is 0.769. The fraction of sp³-hybridized carbons (Fsp3) is 0.182. The molecule has 78 valence electrons. The first-order chi connectivity index (χ1) is 7.28. The van der Waals surface area contributed by atoms with Gasteiger partial charge in [0.2, 0.25) is 0 Å². The van der Waals surface area contributed by atoms with Crippen LogP contribution in [0.3, 0.4) is 0 Å². The minimum atomic E-state index is 0.703. The lowest BCUT2D eigenvalue weighted by Crippen LogP contribution is -2.00. The summed E-state index contributed by atoms with van der Waals surface area (Å²) < 4.78 is 6.86. The van der Waals surface area contributed by atoms with E-state index in [0.717, 1.165) is 17.0 Å². The van der Waals surface area contributed by atoms with Crippen molar-refractivity contribution in [2.24, 2.45) is 0 Å². The number of benzene rings is 1. The van der Waals surface area contributed by atoms with Crippen molar-refractivity contribution < 1.29 is 4.74 Å². The smallest absolute Gasteiger partial charge is 0.156 e. The number of ether oxygens (including phenoxy) is 1. The molecule has 0 atom stereocenters. The van der Waals surface area contributed by atoms with Crippen LogP contribution >= 0.6 is 0 Å². The summed E-state index contributed by atoms with van der Waals surface area (Å²) >= 11 is 0. The second kappa shape index (κ2) is 4.04. The summed E-state index contributed by atoms with van der Waals surface area (Å²) in [5, 5.41) is 4.16. The Balaban J connectivity index is 2.14. The molecule has 0 fully saturated rings. The summed E-state index contributed by atoms with van der Waals surface area (Å²) in [6.07, 6.45) is 3.54. The van der Waals surface area contributed by atoms with Gasteiger partial charge in [0.1, 0.15) is 0 Å². The molecular weight excluding hydrogens is 190 g/mol. The van der Waals surface area contributed by atoms with E-state index in [0.29, 0.717) is 6.54 Å². The fourth-order valence-electron chi connectivity index (χ4n) is 1.42. The molecule has 0 bridgehead atoms. The number of nitrogens with two attached hydrogens (primary N) is 1. The predicted octanol–water partition coefficient (Wildman–Crippen LogP) is 1.52. The van der Waals surface area contributed by atoms with Crippen LogP contribution < -0.4 is 10.5 Å². The van der Waals surface area contributed by atoms with Crippen LogP contribution in [-0.4, -0.2) is 16.9 Å². The van der Waals surface area contributed by atoms with Gasteiger partial charge in [-0.05, 0) is 17.7 Å². The summed E-state index contributed by atoms with van der Waals surface area (Å²) in [5.74, 6) is 0.763. The molecule has 1 aromatic heterocycles. The first-order valence-corrected chi connectivity index (χ1v) is 4.69. The monoisotopic (exact) mass is 203 g/mol. The topological polar surface area (TPSA) is 53.1 Å². The standard InChI is InChI=1S/C11H13N3O/c1-15-11-6-13-14(8-11)7-9-3-2-4-10(12)5-9/h2-6,8H,7,12H2,1H3. The molecule has 0 saturated carbocycles. The van der Waals surface area contributed by atoms with Gasteiger partial charge < -0.3 is 10.5 Å². The molecule has 0 aliphatic heterocycles. The van der Waals surface area contributed by atoms with Crippen molar-refractivity contribution >= 4 is 5.69 Å². The molecule has 0 unspecified atom stereocenters. The van der Waals surface area contributed by atoms with Gasteiger partial charge >= 0.3 is 0 Å². The third-order valence-electron chi connectivity index (χ3n) is 2.14. The SMILES string of the molecule is COc1cnn(Cc2cccc(N)c2)c1. The van der Waals surface area contributed by atoms with Gasteiger partial charge in [0.25, 0.3) is 0 Å². The first-order valence-electron chi connectivity index (χ1n) is 4.69. The number of nitrogens with zero attached hydrogens (tertiary/aromatic N) is 2. The number of anilines is 1. The molecule has 0 amide bonds. The summed E-state index contributed by atoms with van der Waals surface area (Å²) in [7, 11) is 1.63. The maximum absolute atomic E-state index is 5.69. The van der Waals surface area contributed by atoms with Gasteiger partial charge in [-0.15, -0.1) is 0 Å². The maximum atomic E-state index is 5.69. The van der Waals surface area contributed by atoms with Crippen LogP contribution in [0.15, 0.2) is 36.7 Å². The van der Waals surface area contributed by atoms with Crippen LogP contribution in [0.25, 0.3) is 0 Å². The highest BCUT2D eigenvalue weighted by Crippen LogP contribution is 2.11. The Morgan fingerprint density at radius 3 is 3.00 bits per heavy atom. The second-order valence-corrected chi connectivity index (χ2v) is 3.32. The van der Waals surface area contributed by atoms with Crippen molar-refractivity contribution in [1.82, 2.24) is 9.78 Å². The molecule has 0 radical (unpaired) electrons. The molecule has 0 spiro atoms. The van der Waals surface area contributed by atoms with E-state index in [4.69, 9.17) is 10.5 Å². The third-order valence-corrected chi connectivity index (χ3v) is 2.14. The summed E-state index contributed by atoms with van der Waals surface area (Å²) in [4.78, 5) is 0. The first kappa shape index (κ1) is 9.58. The zero-order valence-corrected chi connectivity index (χ0v) is 8.55. The molecule has 2 N–H and O–H groups in total. The number of aromatic nitrogens is 2. The largest absolute Gasteiger partial charge is 0.493 e. The van der Waals surface area contributed by atoms with Gasteiger partial charge in [-0.3, -0.25) is 4.68 Å². The number of hydrogen-bond acceptors (Lipinski definition) is 3. The van der Waals surface area contributed by atoms with E-state index in [1.807, 2.05) is 35.1 Å². The summed E-state index contributed by atoms with van der Waals surface area (Å²) in [6, 6.07) is 7.76. The number of hydrogen-bond donors (Lipinski definition) is 1. The Bertz CT molecular complexity index is 451. The molecular formula is C11H13N3O. The Kier molecular flexibility index (Phi) is 2.58. The van der Waals surface area contributed by atoms with E-state index >= 15 is 0 Å². The molecule has 4 heteroatoms. The van der Waals surface area contributed by atoms with Crippen molar-refractivity contribution in [3.05, 3.63) is 42.2 Å². The van der Waals surface area contributed by atoms with Crippen molar-refractivity contribution in [3.63, 3.8) is 0 Å². The van der Waals surface area contributed by atoms with Crippen LogP contribution in [0.4, 0.5) is 5.69 Å². The Hall–Kier alpha value is -1.97. The van der Waals surface area contributed by atoms with E-state index in [-0.39, 0.29) is 0 Å². The molecule has 4 nitrogen and oxygen atoms in total. The Labute approximate surface area is 88.3 Å². The molecule has 1 heterocycles. The molecule has 0 aliphatic carbocycles. The molecule has 15 heavy (non-hydrogen) atoms. The lowest BCUT2D eigenvalue weighted by atomic mass is 10.2. The van der Waals surface area contributed by atoms with Crippen molar-refractivity contribution in [1.29, 1.82) is 0 Å². The van der Waals surface area contributed by atoms with E-state index in [2.05, 4.69) is 5.10 Å². The van der Waals surface area contributed by atoms with E-state index in [1.165, 1.54) is 0 Å². The molecule has 2 rings (SSSR count). The van der Waals surface area contributed by atoms with Gasteiger partial charge in [0.15, 0.2) is 5.75 Å². The number of methoxy groups -OCH3 is 1. The van der Waals surface area contributed by atoms with Gasteiger partial charge in [0.05, 0.1) is 26.0 Å². The molecule has 0 saturated heterocycles. The normalized spacial score (nSPS) is 10.2. The zero-order valence-electron chi connectivity index (χ0n) is 8.55. The van der Waals surface area contributed by atoms with Gasteiger partial charge in [-0.1, -0.05) is 12.1 Å². The highest BCUT2D eigenvalue weighted by atomic mass is 16.5. The minimum Gasteiger partial charge on any atom is -0.493 e. The number of nitrogen functional groups attached to an aromatic ring is 1. The average molecular weight is 203 g/mol. The van der Waals surface area contributed by atoms with Crippen LogP contribution in [0.2, 0.25) is 0 Å². The highest BCUT2D eigenvalue weighted by Gasteiger charge is 1.99. The highest BCUT2D eigenvalue weighted by molar-refractivity contribution is 5.40. The molecule has 1 aromatic carbocycles. The lowest BCUT2D eigenvalue weighted by molar-refractivity contribution is 0.414. The van der Waals surface area contributed by atoms with E-state index in [1.54, 1.807) is 13.3 Å². The van der Waals surface area contributed by atoms with Crippen LogP contribution in [-0.2, 0) is 6.54 Å². The molecule has 0 aliphatic rings. The maximum Gasteiger partial charge on any atom is 0.156 e.